The van der Waals surface area contributed by atoms with Gasteiger partial charge in [-0.3, -0.25) is 14.4 Å². The number of nitrogens with one attached hydrogen (secondary N) is 1. The number of ketones is 1. The monoisotopic (exact) mass is 321 g/mol. The fraction of sp³-hybridized carbons (Fsp3) is 0.706. The first-order valence-electron chi connectivity index (χ1n) is 8.37. The molecule has 0 aromatic carbocycles. The van der Waals surface area contributed by atoms with Gasteiger partial charge in [0.2, 0.25) is 5.91 Å². The van der Waals surface area contributed by atoms with Crippen LogP contribution in [0.3, 0.4) is 0 Å². The van der Waals surface area contributed by atoms with Crippen molar-refractivity contribution in [3.8, 4) is 0 Å². The van der Waals surface area contributed by atoms with Crippen molar-refractivity contribution in [2.75, 3.05) is 13.1 Å². The van der Waals surface area contributed by atoms with Crippen LogP contribution >= 0.6 is 0 Å². The predicted molar refractivity (Wildman–Crippen MR) is 87.1 cm³/mol. The van der Waals surface area contributed by atoms with Crippen LogP contribution < -0.4 is 11.1 Å². The fourth-order valence-electron chi connectivity index (χ4n) is 3.63. The maximum atomic E-state index is 12.8. The van der Waals surface area contributed by atoms with E-state index in [1.165, 1.54) is 26.2 Å². The van der Waals surface area contributed by atoms with Gasteiger partial charge in [0.05, 0.1) is 0 Å². The van der Waals surface area contributed by atoms with E-state index in [1.54, 1.807) is 0 Å². The van der Waals surface area contributed by atoms with Crippen LogP contribution in [0.5, 0.6) is 0 Å². The van der Waals surface area contributed by atoms with E-state index in [4.69, 9.17) is 5.73 Å². The maximum absolute atomic E-state index is 12.8. The van der Waals surface area contributed by atoms with E-state index in [1.807, 2.05) is 18.7 Å². The van der Waals surface area contributed by atoms with Crippen LogP contribution in [0.2, 0.25) is 0 Å². The van der Waals surface area contributed by atoms with Crippen LogP contribution in [0.4, 0.5) is 0 Å². The van der Waals surface area contributed by atoms with Gasteiger partial charge in [-0.1, -0.05) is 20.3 Å². The van der Waals surface area contributed by atoms with Gasteiger partial charge in [0.15, 0.2) is 5.78 Å². The predicted octanol–water partition coefficient (Wildman–Crippen LogP) is 0.817. The highest BCUT2D eigenvalue weighted by atomic mass is 16.2. The average Bonchev–Trinajstić information content (AvgIpc) is 3.03. The number of allylic oxidation sites excluding steroid dienone is 1. The molecule has 1 aliphatic carbocycles. The molecular weight excluding hydrogens is 294 g/mol. The molecular formula is C17H27N3O3. The number of carbonyl (C=O) groups is 3. The summed E-state index contributed by atoms with van der Waals surface area (Å²) in [6.45, 7) is 6.70. The van der Waals surface area contributed by atoms with Crippen LogP contribution in [-0.4, -0.2) is 41.6 Å². The first-order chi connectivity index (χ1) is 10.8. The Kier molecular flexibility index (Phi) is 5.44. The number of fused-ring (bicyclic) bond motifs is 1. The van der Waals surface area contributed by atoms with Crippen molar-refractivity contribution in [2.45, 2.75) is 46.1 Å². The first-order valence-corrected chi connectivity index (χ1v) is 8.37. The maximum Gasteiger partial charge on any atom is 0.267 e. The van der Waals surface area contributed by atoms with Crippen molar-refractivity contribution < 1.29 is 14.4 Å². The van der Waals surface area contributed by atoms with Gasteiger partial charge in [0, 0.05) is 19.2 Å². The summed E-state index contributed by atoms with van der Waals surface area (Å²) in [5.74, 6) is 0.287. The highest BCUT2D eigenvalue weighted by molar-refractivity contribution is 6.01. The zero-order valence-electron chi connectivity index (χ0n) is 14.2. The number of amides is 2. The molecule has 3 N–H and O–H groups in total. The number of rotatable bonds is 5. The summed E-state index contributed by atoms with van der Waals surface area (Å²) in [5, 5.41) is 2.69. The molecule has 1 aliphatic heterocycles. The largest absolute Gasteiger partial charge is 0.394 e. The summed E-state index contributed by atoms with van der Waals surface area (Å²) in [6, 6.07) is -0.611. The van der Waals surface area contributed by atoms with Gasteiger partial charge >= 0.3 is 0 Å². The normalized spacial score (nSPS) is 25.4. The standard InChI is InChI=1S/C17H27N3O3/c1-10(2)15(19-16(22)14(18)7-11(3)21)17(23)20-8-12-5-4-6-13(12)9-20/h7,10,12-13,15H,4-6,8-9,18H2,1-3H3,(H,19,22)/b14-7-. The van der Waals surface area contributed by atoms with Gasteiger partial charge in [-0.25, -0.2) is 0 Å². The summed E-state index contributed by atoms with van der Waals surface area (Å²) in [5.41, 5.74) is 5.44. The minimum absolute atomic E-state index is 0.0432. The van der Waals surface area contributed by atoms with Gasteiger partial charge in [-0.2, -0.15) is 0 Å². The first kappa shape index (κ1) is 17.5. The highest BCUT2D eigenvalue weighted by Crippen LogP contribution is 2.38. The molecule has 3 unspecified atom stereocenters. The lowest BCUT2D eigenvalue weighted by Crippen LogP contribution is -2.51. The highest BCUT2D eigenvalue weighted by Gasteiger charge is 2.40. The van der Waals surface area contributed by atoms with E-state index in [0.29, 0.717) is 11.8 Å². The summed E-state index contributed by atoms with van der Waals surface area (Å²) < 4.78 is 0. The molecule has 0 aromatic rings. The van der Waals surface area contributed by atoms with E-state index >= 15 is 0 Å². The zero-order valence-corrected chi connectivity index (χ0v) is 14.2. The summed E-state index contributed by atoms with van der Waals surface area (Å²) in [4.78, 5) is 37.8. The van der Waals surface area contributed by atoms with E-state index in [9.17, 15) is 14.4 Å². The molecule has 1 saturated carbocycles. The van der Waals surface area contributed by atoms with Gasteiger partial charge in [0.25, 0.3) is 5.91 Å². The zero-order chi connectivity index (χ0) is 17.1. The molecule has 2 rings (SSSR count). The second-order valence-electron chi connectivity index (χ2n) is 7.10. The van der Waals surface area contributed by atoms with Crippen molar-refractivity contribution in [1.29, 1.82) is 0 Å². The summed E-state index contributed by atoms with van der Waals surface area (Å²) in [7, 11) is 0. The molecule has 2 amide bonds. The molecule has 0 bridgehead atoms. The lowest BCUT2D eigenvalue weighted by atomic mass is 10.0. The number of likely N-dealkylation sites (tertiary alicyclic amines) is 1. The van der Waals surface area contributed by atoms with Crippen LogP contribution in [0.1, 0.15) is 40.0 Å². The third-order valence-corrected chi connectivity index (χ3v) is 4.88. The van der Waals surface area contributed by atoms with Crippen molar-refractivity contribution in [2.24, 2.45) is 23.5 Å². The number of hydrogen-bond donors (Lipinski definition) is 2. The molecule has 0 radical (unpaired) electrons. The van der Waals surface area contributed by atoms with Crippen molar-refractivity contribution in [1.82, 2.24) is 10.2 Å². The van der Waals surface area contributed by atoms with Gasteiger partial charge < -0.3 is 16.0 Å². The fourth-order valence-corrected chi connectivity index (χ4v) is 3.63. The Bertz CT molecular complexity index is 515. The molecule has 128 valence electrons. The van der Waals surface area contributed by atoms with Gasteiger partial charge in [-0.15, -0.1) is 0 Å². The number of nitrogens with zero attached hydrogens (tertiary/aromatic N) is 1. The number of hydrogen-bond acceptors (Lipinski definition) is 4. The van der Waals surface area contributed by atoms with Crippen molar-refractivity contribution in [3.63, 3.8) is 0 Å². The van der Waals surface area contributed by atoms with E-state index in [2.05, 4.69) is 5.32 Å². The van der Waals surface area contributed by atoms with E-state index < -0.39 is 11.9 Å². The lowest BCUT2D eigenvalue weighted by Gasteiger charge is -2.27. The van der Waals surface area contributed by atoms with Crippen molar-refractivity contribution in [3.05, 3.63) is 11.8 Å². The van der Waals surface area contributed by atoms with E-state index in [0.717, 1.165) is 19.2 Å². The Morgan fingerprint density at radius 3 is 2.22 bits per heavy atom. The smallest absolute Gasteiger partial charge is 0.267 e. The third kappa shape index (κ3) is 4.12. The number of nitrogens with two attached hydrogens (primary N) is 1. The second kappa shape index (κ2) is 7.15. The Morgan fingerprint density at radius 1 is 1.17 bits per heavy atom. The Hall–Kier alpha value is -1.85. The Balaban J connectivity index is 2.02. The molecule has 2 aliphatic rings. The molecule has 2 fully saturated rings. The summed E-state index contributed by atoms with van der Waals surface area (Å²) >= 11 is 0. The van der Waals surface area contributed by atoms with E-state index in [-0.39, 0.29) is 23.3 Å². The Labute approximate surface area is 137 Å². The van der Waals surface area contributed by atoms with Crippen LogP contribution in [0, 0.1) is 17.8 Å². The lowest BCUT2D eigenvalue weighted by molar-refractivity contribution is -0.136. The van der Waals surface area contributed by atoms with Gasteiger partial charge in [-0.05, 0) is 37.5 Å². The average molecular weight is 321 g/mol. The second-order valence-corrected chi connectivity index (χ2v) is 7.10. The summed E-state index contributed by atoms with van der Waals surface area (Å²) in [6.07, 6.45) is 4.73. The minimum atomic E-state index is -0.611. The SMILES string of the molecule is CC(=O)/C=C(\N)C(=O)NC(C(=O)N1CC2CCCC2C1)C(C)C. The molecule has 0 aromatic heterocycles. The van der Waals surface area contributed by atoms with Crippen LogP contribution in [-0.2, 0) is 14.4 Å². The van der Waals surface area contributed by atoms with Crippen LogP contribution in [0.25, 0.3) is 0 Å². The molecule has 1 saturated heterocycles. The van der Waals surface area contributed by atoms with Crippen LogP contribution in [0.15, 0.2) is 11.8 Å². The minimum Gasteiger partial charge on any atom is -0.394 e. The molecule has 0 spiro atoms. The number of carbonyl (C=O) groups excluding carboxylic acids is 3. The van der Waals surface area contributed by atoms with Gasteiger partial charge in [0.1, 0.15) is 11.7 Å². The molecule has 23 heavy (non-hydrogen) atoms. The molecule has 1 heterocycles. The molecule has 6 heteroatoms. The van der Waals surface area contributed by atoms with Crippen molar-refractivity contribution >= 4 is 17.6 Å². The third-order valence-electron chi connectivity index (χ3n) is 4.88. The quantitative estimate of drug-likeness (QED) is 0.733. The topological polar surface area (TPSA) is 92.5 Å². The molecule has 6 nitrogen and oxygen atoms in total. The molecule has 3 atom stereocenters. The Morgan fingerprint density at radius 2 is 1.74 bits per heavy atom.